The zero-order valence-corrected chi connectivity index (χ0v) is 7.13. The predicted octanol–water partition coefficient (Wildman–Crippen LogP) is 0.633. The average Bonchev–Trinajstić information content (AvgIpc) is 2.50. The van der Waals surface area contributed by atoms with Crippen molar-refractivity contribution in [2.75, 3.05) is 6.54 Å². The molecule has 1 saturated heterocycles. The molecule has 1 heterocycles. The van der Waals surface area contributed by atoms with Gasteiger partial charge in [0.2, 0.25) is 0 Å². The Morgan fingerprint density at radius 1 is 1.75 bits per heavy atom. The molecule has 12 heavy (non-hydrogen) atoms. The molecule has 1 N–H and O–H groups in total. The van der Waals surface area contributed by atoms with Gasteiger partial charge < -0.3 is 5.32 Å². The quantitative estimate of drug-likeness (QED) is 0.609. The van der Waals surface area contributed by atoms with E-state index in [0.29, 0.717) is 5.57 Å². The van der Waals surface area contributed by atoms with Crippen molar-refractivity contribution in [1.29, 1.82) is 5.26 Å². The number of carbonyl (C=O) groups excluding carboxylic acids is 1. The summed E-state index contributed by atoms with van der Waals surface area (Å²) < 4.78 is 0. The molecule has 2 unspecified atom stereocenters. The van der Waals surface area contributed by atoms with Crippen molar-refractivity contribution in [1.82, 2.24) is 5.32 Å². The molecular weight excluding hydrogens is 152 g/mol. The van der Waals surface area contributed by atoms with Crippen LogP contribution in [-0.2, 0) is 4.79 Å². The van der Waals surface area contributed by atoms with E-state index in [-0.39, 0.29) is 17.7 Å². The number of nitriles is 1. The highest BCUT2D eigenvalue weighted by atomic mass is 16.1. The fourth-order valence-electron chi connectivity index (χ4n) is 1.58. The monoisotopic (exact) mass is 164 g/mol. The number of rotatable bonds is 2. The van der Waals surface area contributed by atoms with Crippen LogP contribution in [0.5, 0.6) is 0 Å². The minimum absolute atomic E-state index is 0.0443. The van der Waals surface area contributed by atoms with Gasteiger partial charge in [0.05, 0.1) is 12.1 Å². The number of carbonyl (C=O) groups is 1. The minimum atomic E-state index is -0.118. The van der Waals surface area contributed by atoms with Gasteiger partial charge in [-0.05, 0) is 19.9 Å². The third-order valence-electron chi connectivity index (χ3n) is 2.26. The van der Waals surface area contributed by atoms with Crippen molar-refractivity contribution in [3.63, 3.8) is 0 Å². The zero-order chi connectivity index (χ0) is 9.14. The van der Waals surface area contributed by atoms with Gasteiger partial charge in [-0.25, -0.2) is 0 Å². The number of hydrogen-bond donors (Lipinski definition) is 1. The van der Waals surface area contributed by atoms with Gasteiger partial charge in [-0.15, -0.1) is 0 Å². The number of nitrogens with zero attached hydrogens (tertiary/aromatic N) is 1. The highest BCUT2D eigenvalue weighted by molar-refractivity contribution is 5.80. The Labute approximate surface area is 72.1 Å². The normalized spacial score (nSPS) is 28.0. The fraction of sp³-hybridized carbons (Fsp3) is 0.556. The van der Waals surface area contributed by atoms with E-state index >= 15 is 0 Å². The Bertz CT molecular complexity index is 252. The molecule has 0 aromatic rings. The van der Waals surface area contributed by atoms with E-state index in [1.165, 1.54) is 0 Å². The summed E-state index contributed by atoms with van der Waals surface area (Å²) in [5.41, 5.74) is 0.465. The third kappa shape index (κ3) is 1.54. The van der Waals surface area contributed by atoms with E-state index in [4.69, 9.17) is 5.26 Å². The Morgan fingerprint density at radius 3 is 2.92 bits per heavy atom. The van der Waals surface area contributed by atoms with E-state index in [1.807, 2.05) is 6.07 Å². The van der Waals surface area contributed by atoms with Crippen LogP contribution in [0.4, 0.5) is 0 Å². The topological polar surface area (TPSA) is 52.9 Å². The van der Waals surface area contributed by atoms with Crippen LogP contribution in [0.1, 0.15) is 13.3 Å². The molecule has 2 atom stereocenters. The molecule has 1 aliphatic rings. The van der Waals surface area contributed by atoms with Crippen LogP contribution < -0.4 is 5.32 Å². The van der Waals surface area contributed by atoms with Crippen molar-refractivity contribution in [3.05, 3.63) is 12.2 Å². The lowest BCUT2D eigenvalue weighted by Gasteiger charge is -2.14. The summed E-state index contributed by atoms with van der Waals surface area (Å²) in [6.45, 7) is 5.98. The van der Waals surface area contributed by atoms with Crippen molar-refractivity contribution >= 4 is 5.78 Å². The molecule has 1 aliphatic heterocycles. The predicted molar refractivity (Wildman–Crippen MR) is 45.3 cm³/mol. The Balaban J connectivity index is 2.72. The third-order valence-corrected chi connectivity index (χ3v) is 2.26. The molecule has 0 aromatic heterocycles. The molecule has 1 fully saturated rings. The summed E-state index contributed by atoms with van der Waals surface area (Å²) in [5, 5.41) is 11.7. The van der Waals surface area contributed by atoms with Crippen molar-refractivity contribution in [3.8, 4) is 6.07 Å². The molecular formula is C9H12N2O. The van der Waals surface area contributed by atoms with Crippen molar-refractivity contribution in [2.45, 2.75) is 19.4 Å². The van der Waals surface area contributed by atoms with E-state index in [1.54, 1.807) is 6.92 Å². The summed E-state index contributed by atoms with van der Waals surface area (Å²) >= 11 is 0. The van der Waals surface area contributed by atoms with Gasteiger partial charge in [0, 0.05) is 11.5 Å². The molecule has 0 saturated carbocycles. The molecule has 0 amide bonds. The van der Waals surface area contributed by atoms with Gasteiger partial charge in [-0.3, -0.25) is 4.79 Å². The molecule has 0 aromatic carbocycles. The summed E-state index contributed by atoms with van der Waals surface area (Å²) in [6.07, 6.45) is 0.820. The van der Waals surface area contributed by atoms with Crippen LogP contribution in [0, 0.1) is 17.2 Å². The van der Waals surface area contributed by atoms with Crippen LogP contribution in [-0.4, -0.2) is 18.4 Å². The molecule has 0 aliphatic carbocycles. The lowest BCUT2D eigenvalue weighted by atomic mass is 9.92. The fourth-order valence-corrected chi connectivity index (χ4v) is 1.58. The molecule has 64 valence electrons. The smallest absolute Gasteiger partial charge is 0.134 e. The lowest BCUT2D eigenvalue weighted by molar-refractivity contribution is -0.120. The first-order chi connectivity index (χ1) is 5.66. The van der Waals surface area contributed by atoms with Gasteiger partial charge in [-0.2, -0.15) is 5.26 Å². The second-order valence-corrected chi connectivity index (χ2v) is 3.07. The lowest BCUT2D eigenvalue weighted by Crippen LogP contribution is -2.31. The molecule has 0 bridgehead atoms. The van der Waals surface area contributed by atoms with Crippen LogP contribution in [0.3, 0.4) is 0 Å². The molecule has 3 nitrogen and oxygen atoms in total. The van der Waals surface area contributed by atoms with E-state index in [0.717, 1.165) is 13.0 Å². The van der Waals surface area contributed by atoms with E-state index in [2.05, 4.69) is 11.9 Å². The van der Waals surface area contributed by atoms with E-state index < -0.39 is 0 Å². The Kier molecular flexibility index (Phi) is 2.61. The number of ketones is 1. The number of nitrogens with one attached hydrogen (secondary N) is 1. The second-order valence-electron chi connectivity index (χ2n) is 3.07. The van der Waals surface area contributed by atoms with E-state index in [9.17, 15) is 4.79 Å². The van der Waals surface area contributed by atoms with Crippen molar-refractivity contribution < 1.29 is 4.79 Å². The van der Waals surface area contributed by atoms with Gasteiger partial charge >= 0.3 is 0 Å². The van der Waals surface area contributed by atoms with Crippen LogP contribution in [0.15, 0.2) is 12.2 Å². The molecule has 3 heteroatoms. The second kappa shape index (κ2) is 3.51. The van der Waals surface area contributed by atoms with Crippen LogP contribution >= 0.6 is 0 Å². The van der Waals surface area contributed by atoms with Crippen molar-refractivity contribution in [2.24, 2.45) is 5.92 Å². The highest BCUT2D eigenvalue weighted by Crippen LogP contribution is 2.21. The summed E-state index contributed by atoms with van der Waals surface area (Å²) in [6, 6.07) is 1.86. The van der Waals surface area contributed by atoms with Gasteiger partial charge in [0.15, 0.2) is 0 Å². The summed E-state index contributed by atoms with van der Waals surface area (Å²) in [4.78, 5) is 11.1. The number of Topliss-reactive ketones (excluding diaryl/α,β-unsaturated/α-hetero) is 1. The first-order valence-electron chi connectivity index (χ1n) is 3.99. The summed E-state index contributed by atoms with van der Waals surface area (Å²) in [5.74, 6) is 0.0959. The number of hydrogen-bond acceptors (Lipinski definition) is 3. The van der Waals surface area contributed by atoms with Gasteiger partial charge in [0.25, 0.3) is 0 Å². The van der Waals surface area contributed by atoms with Crippen LogP contribution in [0.25, 0.3) is 0 Å². The SMILES string of the molecule is C=C(C#N)C1NCCC1C(C)=O. The maximum Gasteiger partial charge on any atom is 0.134 e. The maximum atomic E-state index is 11.1. The Morgan fingerprint density at radius 2 is 2.42 bits per heavy atom. The molecule has 1 rings (SSSR count). The largest absolute Gasteiger partial charge is 0.309 e. The first-order valence-corrected chi connectivity index (χ1v) is 3.99. The first kappa shape index (κ1) is 8.95. The zero-order valence-electron chi connectivity index (χ0n) is 7.13. The molecule has 0 radical (unpaired) electrons. The minimum Gasteiger partial charge on any atom is -0.309 e. The van der Waals surface area contributed by atoms with Gasteiger partial charge in [-0.1, -0.05) is 6.58 Å². The van der Waals surface area contributed by atoms with Crippen LogP contribution in [0.2, 0.25) is 0 Å². The highest BCUT2D eigenvalue weighted by Gasteiger charge is 2.31. The standard InChI is InChI=1S/C9H12N2O/c1-6(5-10)9-8(7(2)12)3-4-11-9/h8-9,11H,1,3-4H2,2H3. The summed E-state index contributed by atoms with van der Waals surface area (Å²) in [7, 11) is 0. The van der Waals surface area contributed by atoms with Gasteiger partial charge in [0.1, 0.15) is 5.78 Å². The average molecular weight is 164 g/mol. The maximum absolute atomic E-state index is 11.1. The Hall–Kier alpha value is -1.14. The molecule has 0 spiro atoms.